The molecule has 0 unspecified atom stereocenters. The van der Waals surface area contributed by atoms with Crippen molar-refractivity contribution in [1.29, 1.82) is 0 Å². The Morgan fingerprint density at radius 2 is 2.22 bits per heavy atom. The predicted molar refractivity (Wildman–Crippen MR) is 64.2 cm³/mol. The largest absolute Gasteiger partial charge is 0.369 e. The van der Waals surface area contributed by atoms with E-state index in [0.29, 0.717) is 18.9 Å². The monoisotopic (exact) mass is 244 g/mol. The van der Waals surface area contributed by atoms with Crippen molar-refractivity contribution < 1.29 is 4.52 Å². The van der Waals surface area contributed by atoms with E-state index in [9.17, 15) is 0 Å². The van der Waals surface area contributed by atoms with Crippen LogP contribution in [0.5, 0.6) is 0 Å². The highest BCUT2D eigenvalue weighted by molar-refractivity contribution is 5.51. The maximum Gasteiger partial charge on any atom is 0.228 e. The second-order valence-electron chi connectivity index (χ2n) is 3.96. The van der Waals surface area contributed by atoms with Crippen LogP contribution in [0, 0.1) is 6.92 Å². The molecule has 3 rings (SSSR count). The average molecular weight is 244 g/mol. The number of fused-ring (bicyclic) bond motifs is 1. The molecule has 3 heterocycles. The first kappa shape index (κ1) is 10.7. The van der Waals surface area contributed by atoms with Crippen molar-refractivity contribution in [2.24, 2.45) is 0 Å². The van der Waals surface area contributed by atoms with E-state index >= 15 is 0 Å². The number of hydrogen-bond acceptors (Lipinski definition) is 6. The van der Waals surface area contributed by atoms with E-state index < -0.39 is 0 Å². The fourth-order valence-electron chi connectivity index (χ4n) is 1.79. The summed E-state index contributed by atoms with van der Waals surface area (Å²) in [6.07, 6.45) is 3.61. The number of anilines is 1. The van der Waals surface area contributed by atoms with Crippen LogP contribution in [0.2, 0.25) is 0 Å². The van der Waals surface area contributed by atoms with Gasteiger partial charge in [0.25, 0.3) is 0 Å². The summed E-state index contributed by atoms with van der Waals surface area (Å²) < 4.78 is 6.70. The van der Waals surface area contributed by atoms with E-state index in [4.69, 9.17) is 4.52 Å². The molecule has 0 saturated heterocycles. The van der Waals surface area contributed by atoms with Crippen molar-refractivity contribution in [1.82, 2.24) is 24.7 Å². The van der Waals surface area contributed by atoms with Gasteiger partial charge in [0.1, 0.15) is 12.1 Å². The third-order valence-corrected chi connectivity index (χ3v) is 2.58. The first-order chi connectivity index (χ1) is 8.83. The molecule has 0 saturated carbocycles. The van der Waals surface area contributed by atoms with Crippen molar-refractivity contribution in [3.8, 4) is 0 Å². The molecular weight excluding hydrogens is 232 g/mol. The molecule has 0 atom stereocenters. The van der Waals surface area contributed by atoms with Gasteiger partial charge in [-0.3, -0.25) is 0 Å². The molecule has 18 heavy (non-hydrogen) atoms. The van der Waals surface area contributed by atoms with E-state index in [1.807, 2.05) is 19.1 Å². The molecule has 0 aromatic carbocycles. The topological polar surface area (TPSA) is 81.1 Å². The van der Waals surface area contributed by atoms with Crippen molar-refractivity contribution in [2.75, 3.05) is 11.9 Å². The Morgan fingerprint density at radius 3 is 3.06 bits per heavy atom. The smallest absolute Gasteiger partial charge is 0.228 e. The van der Waals surface area contributed by atoms with Crippen LogP contribution in [-0.4, -0.2) is 31.3 Å². The number of nitrogens with one attached hydrogen (secondary N) is 1. The molecule has 0 fully saturated rings. The molecule has 0 aliphatic carbocycles. The van der Waals surface area contributed by atoms with Gasteiger partial charge in [-0.2, -0.15) is 14.6 Å². The minimum atomic E-state index is 0.616. The Labute approximate surface area is 103 Å². The molecule has 0 aliphatic rings. The highest BCUT2D eigenvalue weighted by Gasteiger charge is 2.04. The third-order valence-electron chi connectivity index (χ3n) is 2.58. The van der Waals surface area contributed by atoms with Gasteiger partial charge in [-0.1, -0.05) is 5.16 Å². The normalized spacial score (nSPS) is 10.9. The van der Waals surface area contributed by atoms with Gasteiger partial charge in [-0.05, 0) is 24.6 Å². The van der Waals surface area contributed by atoms with Crippen LogP contribution in [-0.2, 0) is 6.42 Å². The van der Waals surface area contributed by atoms with Gasteiger partial charge < -0.3 is 9.84 Å². The lowest BCUT2D eigenvalue weighted by molar-refractivity contribution is 0.379. The lowest BCUT2D eigenvalue weighted by atomic mass is 10.3. The van der Waals surface area contributed by atoms with Crippen LogP contribution in [0.3, 0.4) is 0 Å². The van der Waals surface area contributed by atoms with Gasteiger partial charge in [0.05, 0.1) is 0 Å². The second-order valence-corrected chi connectivity index (χ2v) is 3.96. The van der Waals surface area contributed by atoms with Crippen molar-refractivity contribution >= 4 is 11.5 Å². The minimum Gasteiger partial charge on any atom is -0.369 e. The van der Waals surface area contributed by atoms with Crippen LogP contribution < -0.4 is 5.32 Å². The van der Waals surface area contributed by atoms with Gasteiger partial charge >= 0.3 is 0 Å². The predicted octanol–water partition coefficient (Wildman–Crippen LogP) is 1.08. The number of nitrogens with zero attached hydrogens (tertiary/aromatic N) is 5. The summed E-state index contributed by atoms with van der Waals surface area (Å²) in [5, 5.41) is 11.0. The van der Waals surface area contributed by atoms with Crippen LogP contribution in [0.25, 0.3) is 5.65 Å². The Bertz CT molecular complexity index is 645. The molecule has 0 amide bonds. The fourth-order valence-corrected chi connectivity index (χ4v) is 1.79. The van der Waals surface area contributed by atoms with Gasteiger partial charge in [0.2, 0.25) is 5.89 Å². The number of hydrogen-bond donors (Lipinski definition) is 1. The molecule has 3 aromatic rings. The van der Waals surface area contributed by atoms with Crippen LogP contribution in [0.4, 0.5) is 5.82 Å². The lowest BCUT2D eigenvalue weighted by Gasteiger charge is -2.07. The highest BCUT2D eigenvalue weighted by atomic mass is 16.5. The lowest BCUT2D eigenvalue weighted by Crippen LogP contribution is -2.09. The first-order valence-corrected chi connectivity index (χ1v) is 5.63. The van der Waals surface area contributed by atoms with Crippen LogP contribution in [0.1, 0.15) is 11.5 Å². The molecular formula is C11H12N6O. The third kappa shape index (κ3) is 2.02. The van der Waals surface area contributed by atoms with E-state index in [-0.39, 0.29) is 0 Å². The summed E-state index contributed by atoms with van der Waals surface area (Å²) in [6.45, 7) is 2.72. The summed E-state index contributed by atoms with van der Waals surface area (Å²) in [5.41, 5.74) is 1.96. The molecule has 0 bridgehead atoms. The number of pyridine rings is 1. The van der Waals surface area contributed by atoms with Crippen LogP contribution in [0.15, 0.2) is 29.3 Å². The average Bonchev–Trinajstić information content (AvgIpc) is 2.98. The maximum absolute atomic E-state index is 4.93. The van der Waals surface area contributed by atoms with Gasteiger partial charge in [0, 0.05) is 13.0 Å². The van der Waals surface area contributed by atoms with Crippen molar-refractivity contribution in [3.05, 3.63) is 36.2 Å². The van der Waals surface area contributed by atoms with Gasteiger partial charge in [0.15, 0.2) is 12.0 Å². The molecule has 92 valence electrons. The highest BCUT2D eigenvalue weighted by Crippen LogP contribution is 2.13. The summed E-state index contributed by atoms with van der Waals surface area (Å²) in [4.78, 5) is 8.13. The standard InChI is InChI=1S/C11H12N6O/c1-8-4-9(17-10(5-8)13-6-15-17)12-3-2-11-14-7-16-18-11/h4-7,12H,2-3H2,1H3. The molecule has 0 aliphatic heterocycles. The van der Waals surface area contributed by atoms with Crippen LogP contribution >= 0.6 is 0 Å². The Kier molecular flexibility index (Phi) is 2.64. The number of aromatic nitrogens is 5. The molecule has 7 nitrogen and oxygen atoms in total. The zero-order valence-electron chi connectivity index (χ0n) is 9.87. The zero-order chi connectivity index (χ0) is 12.4. The minimum absolute atomic E-state index is 0.616. The number of aryl methyl sites for hydroxylation is 1. The zero-order valence-corrected chi connectivity index (χ0v) is 9.87. The van der Waals surface area contributed by atoms with Crippen molar-refractivity contribution in [2.45, 2.75) is 13.3 Å². The second kappa shape index (κ2) is 4.44. The fraction of sp³-hybridized carbons (Fsp3) is 0.273. The molecule has 1 N–H and O–H groups in total. The summed E-state index contributed by atoms with van der Waals surface area (Å²) in [6, 6.07) is 4.01. The molecule has 7 heteroatoms. The molecule has 3 aromatic heterocycles. The molecule has 0 radical (unpaired) electrons. The summed E-state index contributed by atoms with van der Waals surface area (Å²) in [5.74, 6) is 1.52. The van der Waals surface area contributed by atoms with E-state index in [0.717, 1.165) is 17.0 Å². The van der Waals surface area contributed by atoms with Gasteiger partial charge in [-0.15, -0.1) is 0 Å². The molecule has 0 spiro atoms. The van der Waals surface area contributed by atoms with E-state index in [1.165, 1.54) is 12.7 Å². The van der Waals surface area contributed by atoms with Crippen molar-refractivity contribution in [3.63, 3.8) is 0 Å². The summed E-state index contributed by atoms with van der Waals surface area (Å²) >= 11 is 0. The quantitative estimate of drug-likeness (QED) is 0.739. The Hall–Kier alpha value is -2.44. The Morgan fingerprint density at radius 1 is 1.28 bits per heavy atom. The SMILES string of the molecule is Cc1cc(NCCc2ncno2)n2ncnc2c1. The first-order valence-electron chi connectivity index (χ1n) is 5.63. The van der Waals surface area contributed by atoms with E-state index in [2.05, 4.69) is 25.5 Å². The Balaban J connectivity index is 1.75. The van der Waals surface area contributed by atoms with E-state index in [1.54, 1.807) is 4.52 Å². The van der Waals surface area contributed by atoms with Gasteiger partial charge in [-0.25, -0.2) is 4.98 Å². The number of rotatable bonds is 4. The maximum atomic E-state index is 4.93. The summed E-state index contributed by atoms with van der Waals surface area (Å²) in [7, 11) is 0.